The predicted molar refractivity (Wildman–Crippen MR) is 92.1 cm³/mol. The van der Waals surface area contributed by atoms with Gasteiger partial charge in [0.1, 0.15) is 0 Å². The van der Waals surface area contributed by atoms with Gasteiger partial charge in [-0.3, -0.25) is 0 Å². The lowest BCUT2D eigenvalue weighted by Gasteiger charge is -2.29. The molecule has 0 aliphatic carbocycles. The van der Waals surface area contributed by atoms with Crippen molar-refractivity contribution < 1.29 is 5.11 Å². The van der Waals surface area contributed by atoms with Crippen molar-refractivity contribution in [3.05, 3.63) is 54.2 Å². The van der Waals surface area contributed by atoms with Crippen molar-refractivity contribution in [3.63, 3.8) is 0 Å². The summed E-state index contributed by atoms with van der Waals surface area (Å²) in [5.74, 6) is 0. The van der Waals surface area contributed by atoms with Gasteiger partial charge in [0.25, 0.3) is 0 Å². The van der Waals surface area contributed by atoms with E-state index in [1.54, 1.807) is 0 Å². The Balaban J connectivity index is 1.83. The number of aromatic nitrogens is 2. The maximum atomic E-state index is 11.0. The number of rotatable bonds is 3. The molecule has 3 heterocycles. The SMILES string of the molecule is OC(c1cc(-c2ccc[nH]2)nc2ccccc12)C1CCCCN1. The van der Waals surface area contributed by atoms with Crippen molar-refractivity contribution in [1.82, 2.24) is 15.3 Å². The molecule has 0 radical (unpaired) electrons. The third-order valence-electron chi connectivity index (χ3n) is 4.67. The van der Waals surface area contributed by atoms with E-state index in [-0.39, 0.29) is 6.04 Å². The van der Waals surface area contributed by atoms with E-state index in [9.17, 15) is 5.11 Å². The Morgan fingerprint density at radius 3 is 2.83 bits per heavy atom. The Kier molecular flexibility index (Phi) is 3.85. The van der Waals surface area contributed by atoms with Crippen molar-refractivity contribution in [2.24, 2.45) is 0 Å². The van der Waals surface area contributed by atoms with E-state index in [0.717, 1.165) is 40.8 Å². The quantitative estimate of drug-likeness (QED) is 0.695. The molecule has 2 unspecified atom stereocenters. The molecule has 0 bridgehead atoms. The van der Waals surface area contributed by atoms with Gasteiger partial charge in [-0.05, 0) is 49.2 Å². The molecule has 1 saturated heterocycles. The van der Waals surface area contributed by atoms with Crippen LogP contribution in [0.3, 0.4) is 0 Å². The van der Waals surface area contributed by atoms with Crippen LogP contribution < -0.4 is 5.32 Å². The summed E-state index contributed by atoms with van der Waals surface area (Å²) < 4.78 is 0. The standard InChI is InChI=1S/C19H21N3O/c23-19(17-8-3-4-10-21-17)14-12-18(16-9-5-11-20-16)22-15-7-2-1-6-13(14)15/h1-2,5-7,9,11-12,17,19-21,23H,3-4,8,10H2. The number of hydrogen-bond acceptors (Lipinski definition) is 3. The number of pyridine rings is 1. The van der Waals surface area contributed by atoms with Crippen LogP contribution in [-0.2, 0) is 0 Å². The van der Waals surface area contributed by atoms with Crippen molar-refractivity contribution in [2.75, 3.05) is 6.54 Å². The van der Waals surface area contributed by atoms with Crippen LogP contribution in [0.5, 0.6) is 0 Å². The van der Waals surface area contributed by atoms with Gasteiger partial charge in [0, 0.05) is 17.6 Å². The summed E-state index contributed by atoms with van der Waals surface area (Å²) in [6.07, 6.45) is 4.74. The van der Waals surface area contributed by atoms with Gasteiger partial charge in [-0.2, -0.15) is 0 Å². The first-order valence-electron chi connectivity index (χ1n) is 8.28. The Morgan fingerprint density at radius 2 is 2.04 bits per heavy atom. The van der Waals surface area contributed by atoms with E-state index in [4.69, 9.17) is 4.98 Å². The topological polar surface area (TPSA) is 60.9 Å². The second-order valence-electron chi connectivity index (χ2n) is 6.20. The van der Waals surface area contributed by atoms with Crippen LogP contribution in [-0.4, -0.2) is 27.7 Å². The third-order valence-corrected chi connectivity index (χ3v) is 4.67. The molecule has 4 rings (SSSR count). The maximum Gasteiger partial charge on any atom is 0.0950 e. The zero-order valence-electron chi connectivity index (χ0n) is 13.0. The highest BCUT2D eigenvalue weighted by molar-refractivity contribution is 5.85. The van der Waals surface area contributed by atoms with Crippen molar-refractivity contribution >= 4 is 10.9 Å². The molecular weight excluding hydrogens is 286 g/mol. The van der Waals surface area contributed by atoms with Crippen LogP contribution in [0.25, 0.3) is 22.3 Å². The minimum absolute atomic E-state index is 0.117. The predicted octanol–water partition coefficient (Wildman–Crippen LogP) is 3.41. The number of benzene rings is 1. The van der Waals surface area contributed by atoms with Crippen molar-refractivity contribution in [3.8, 4) is 11.4 Å². The monoisotopic (exact) mass is 307 g/mol. The molecule has 1 fully saturated rings. The Hall–Kier alpha value is -2.17. The summed E-state index contributed by atoms with van der Waals surface area (Å²) in [5, 5.41) is 15.5. The molecule has 118 valence electrons. The number of H-pyrrole nitrogens is 1. The van der Waals surface area contributed by atoms with Crippen LogP contribution in [0.1, 0.15) is 30.9 Å². The van der Waals surface area contributed by atoms with Gasteiger partial charge in [0.2, 0.25) is 0 Å². The molecule has 1 aliphatic heterocycles. The highest BCUT2D eigenvalue weighted by atomic mass is 16.3. The molecule has 4 nitrogen and oxygen atoms in total. The number of nitrogens with zero attached hydrogens (tertiary/aromatic N) is 1. The molecule has 1 aromatic carbocycles. The first-order valence-corrected chi connectivity index (χ1v) is 8.28. The lowest BCUT2D eigenvalue weighted by Crippen LogP contribution is -2.38. The van der Waals surface area contributed by atoms with E-state index < -0.39 is 6.10 Å². The van der Waals surface area contributed by atoms with E-state index in [0.29, 0.717) is 0 Å². The molecule has 2 aromatic heterocycles. The Morgan fingerprint density at radius 1 is 1.13 bits per heavy atom. The van der Waals surface area contributed by atoms with E-state index in [1.807, 2.05) is 48.7 Å². The average molecular weight is 307 g/mol. The van der Waals surface area contributed by atoms with Crippen LogP contribution in [0, 0.1) is 0 Å². The zero-order valence-corrected chi connectivity index (χ0v) is 13.0. The van der Waals surface area contributed by atoms with Gasteiger partial charge < -0.3 is 15.4 Å². The fourth-order valence-corrected chi connectivity index (χ4v) is 3.44. The molecule has 3 aromatic rings. The van der Waals surface area contributed by atoms with Gasteiger partial charge in [-0.1, -0.05) is 24.6 Å². The number of fused-ring (bicyclic) bond motifs is 1. The van der Waals surface area contributed by atoms with E-state index >= 15 is 0 Å². The Labute approximate surface area is 135 Å². The molecule has 0 amide bonds. The summed E-state index contributed by atoms with van der Waals surface area (Å²) in [6, 6.07) is 14.2. The number of aromatic amines is 1. The lowest BCUT2D eigenvalue weighted by atomic mass is 9.92. The maximum absolute atomic E-state index is 11.0. The number of nitrogens with one attached hydrogen (secondary N) is 2. The van der Waals surface area contributed by atoms with E-state index in [2.05, 4.69) is 10.3 Å². The fourth-order valence-electron chi connectivity index (χ4n) is 3.44. The average Bonchev–Trinajstić information content (AvgIpc) is 3.15. The largest absolute Gasteiger partial charge is 0.387 e. The number of aliphatic hydroxyl groups excluding tert-OH is 1. The smallest absolute Gasteiger partial charge is 0.0950 e. The van der Waals surface area contributed by atoms with Crippen LogP contribution >= 0.6 is 0 Å². The normalized spacial score (nSPS) is 19.8. The Bertz CT molecular complexity index is 791. The first-order chi connectivity index (χ1) is 11.3. The fraction of sp³-hybridized carbons (Fsp3) is 0.316. The van der Waals surface area contributed by atoms with Gasteiger partial charge >= 0.3 is 0 Å². The molecule has 1 aliphatic rings. The number of para-hydroxylation sites is 1. The highest BCUT2D eigenvalue weighted by Gasteiger charge is 2.25. The minimum atomic E-state index is -0.517. The summed E-state index contributed by atoms with van der Waals surface area (Å²) in [5.41, 5.74) is 3.73. The first kappa shape index (κ1) is 14.4. The summed E-state index contributed by atoms with van der Waals surface area (Å²) in [6.45, 7) is 0.980. The number of piperidine rings is 1. The number of hydrogen-bond donors (Lipinski definition) is 3. The minimum Gasteiger partial charge on any atom is -0.387 e. The number of aliphatic hydroxyl groups is 1. The molecular formula is C19H21N3O. The molecule has 3 N–H and O–H groups in total. The molecule has 4 heteroatoms. The zero-order chi connectivity index (χ0) is 15.6. The molecule has 2 atom stereocenters. The van der Waals surface area contributed by atoms with Gasteiger partial charge in [-0.15, -0.1) is 0 Å². The van der Waals surface area contributed by atoms with Gasteiger partial charge in [0.05, 0.1) is 23.0 Å². The third kappa shape index (κ3) is 2.76. The molecule has 0 saturated carbocycles. The second-order valence-corrected chi connectivity index (χ2v) is 6.20. The summed E-state index contributed by atoms with van der Waals surface area (Å²) in [4.78, 5) is 7.95. The van der Waals surface area contributed by atoms with E-state index in [1.165, 1.54) is 12.8 Å². The molecule has 23 heavy (non-hydrogen) atoms. The summed E-state index contributed by atoms with van der Waals surface area (Å²) in [7, 11) is 0. The van der Waals surface area contributed by atoms with Gasteiger partial charge in [0.15, 0.2) is 0 Å². The van der Waals surface area contributed by atoms with Crippen LogP contribution in [0.15, 0.2) is 48.7 Å². The van der Waals surface area contributed by atoms with Crippen LogP contribution in [0.2, 0.25) is 0 Å². The lowest BCUT2D eigenvalue weighted by molar-refractivity contribution is 0.115. The second kappa shape index (κ2) is 6.14. The summed E-state index contributed by atoms with van der Waals surface area (Å²) >= 11 is 0. The highest BCUT2D eigenvalue weighted by Crippen LogP contribution is 2.31. The van der Waals surface area contributed by atoms with Gasteiger partial charge in [-0.25, -0.2) is 4.98 Å². The van der Waals surface area contributed by atoms with Crippen LogP contribution in [0.4, 0.5) is 0 Å². The van der Waals surface area contributed by atoms with Crippen molar-refractivity contribution in [1.29, 1.82) is 0 Å². The van der Waals surface area contributed by atoms with Crippen molar-refractivity contribution in [2.45, 2.75) is 31.4 Å². The molecule has 0 spiro atoms.